The number of nitrogens with one attached hydrogen (secondary N) is 2. The molecule has 0 bridgehead atoms. The second kappa shape index (κ2) is 7.94. The van der Waals surface area contributed by atoms with Crippen molar-refractivity contribution in [2.24, 2.45) is 0 Å². The van der Waals surface area contributed by atoms with Gasteiger partial charge in [0.1, 0.15) is 0 Å². The second-order valence-corrected chi connectivity index (χ2v) is 9.25. The van der Waals surface area contributed by atoms with Crippen LogP contribution < -0.4 is 10.6 Å². The molecule has 2 fully saturated rings. The van der Waals surface area contributed by atoms with Gasteiger partial charge in [0, 0.05) is 28.6 Å². The summed E-state index contributed by atoms with van der Waals surface area (Å²) in [5.41, 5.74) is 0. The molecule has 2 saturated heterocycles. The molecule has 2 aliphatic heterocycles. The summed E-state index contributed by atoms with van der Waals surface area (Å²) in [6, 6.07) is 0. The van der Waals surface area contributed by atoms with Gasteiger partial charge in [-0.2, -0.15) is 12.6 Å². The summed E-state index contributed by atoms with van der Waals surface area (Å²) in [5, 5.41) is 3.96. The van der Waals surface area contributed by atoms with E-state index < -0.39 is 0 Å². The van der Waals surface area contributed by atoms with E-state index in [1.54, 1.807) is 0 Å². The highest BCUT2D eigenvalue weighted by Crippen LogP contribution is 2.36. The number of imide groups is 2. The number of thioether (sulfide) groups is 2. The van der Waals surface area contributed by atoms with Crippen molar-refractivity contribution in [3.05, 3.63) is 0 Å². The van der Waals surface area contributed by atoms with E-state index in [1.807, 2.05) is 13.8 Å². The van der Waals surface area contributed by atoms with Crippen LogP contribution in [0.15, 0.2) is 0 Å². The van der Waals surface area contributed by atoms with E-state index in [9.17, 15) is 19.2 Å². The molecule has 0 aliphatic carbocycles. The molecule has 2 heterocycles. The van der Waals surface area contributed by atoms with Crippen LogP contribution in [0.25, 0.3) is 0 Å². The molecule has 0 saturated carbocycles. The summed E-state index contributed by atoms with van der Waals surface area (Å²) in [6.07, 6.45) is 1.22. The van der Waals surface area contributed by atoms with Crippen LogP contribution >= 0.6 is 36.2 Å². The Morgan fingerprint density at radius 1 is 1.04 bits per heavy atom. The third-order valence-corrected chi connectivity index (χ3v) is 8.16. The first-order valence-corrected chi connectivity index (χ1v) is 9.88. The number of carbonyl (C=O) groups excluding carboxylic acids is 4. The minimum absolute atomic E-state index is 0.0394. The summed E-state index contributed by atoms with van der Waals surface area (Å²) >= 11 is 7.58. The van der Waals surface area contributed by atoms with Crippen molar-refractivity contribution < 1.29 is 19.2 Å². The molecule has 2 rings (SSSR count). The minimum Gasteiger partial charge on any atom is -0.295 e. The van der Waals surface area contributed by atoms with Gasteiger partial charge in [-0.1, -0.05) is 13.8 Å². The highest BCUT2D eigenvalue weighted by atomic mass is 32.2. The first kappa shape index (κ1) is 18.7. The van der Waals surface area contributed by atoms with Crippen molar-refractivity contribution in [1.82, 2.24) is 10.6 Å². The highest BCUT2D eigenvalue weighted by molar-refractivity contribution is 8.03. The molecule has 0 radical (unpaired) electrons. The predicted molar refractivity (Wildman–Crippen MR) is 94.6 cm³/mol. The van der Waals surface area contributed by atoms with E-state index in [1.165, 1.54) is 23.5 Å². The Kier molecular flexibility index (Phi) is 6.44. The monoisotopic (exact) mass is 376 g/mol. The number of rotatable bonds is 7. The van der Waals surface area contributed by atoms with Gasteiger partial charge in [0.05, 0.1) is 10.5 Å². The Bertz CT molecular complexity index is 528. The van der Waals surface area contributed by atoms with Gasteiger partial charge in [-0.15, -0.1) is 23.5 Å². The molecule has 128 valence electrons. The number of amides is 4. The Morgan fingerprint density at radius 3 is 1.91 bits per heavy atom. The first-order valence-electron chi connectivity index (χ1n) is 7.48. The van der Waals surface area contributed by atoms with Gasteiger partial charge in [0.2, 0.25) is 23.6 Å². The number of carbonyl (C=O) groups is 4. The SMILES string of the molecule is CC[C@@H](SC1CC(=O)NC1=O)[C@@H](S)[C@H](C)SC1CC(=O)NC1=O. The fraction of sp³-hybridized carbons (Fsp3) is 0.714. The summed E-state index contributed by atoms with van der Waals surface area (Å²) in [7, 11) is 0. The Labute approximate surface area is 149 Å². The normalized spacial score (nSPS) is 28.5. The van der Waals surface area contributed by atoms with E-state index in [2.05, 4.69) is 23.3 Å². The standard InChI is InChI=1S/C14H20N2O4S3/c1-3-7(23-9-5-11(18)16-14(9)20)12(21)6(2)22-8-4-10(17)15-13(8)19/h6-9,12,21H,3-5H2,1-2H3,(H,15,17,19)(H,16,18,20)/t6-,7+,8?,9?,12-/m0/s1. The summed E-state index contributed by atoms with van der Waals surface area (Å²) in [5.74, 6) is -0.950. The Hall–Kier alpha value is -0.670. The highest BCUT2D eigenvalue weighted by Gasteiger charge is 2.38. The molecule has 9 heteroatoms. The zero-order valence-electron chi connectivity index (χ0n) is 12.9. The van der Waals surface area contributed by atoms with Crippen LogP contribution in [0.5, 0.6) is 0 Å². The van der Waals surface area contributed by atoms with Crippen LogP contribution in [0.2, 0.25) is 0 Å². The summed E-state index contributed by atoms with van der Waals surface area (Å²) in [4.78, 5) is 45.9. The molecular weight excluding hydrogens is 356 g/mol. The van der Waals surface area contributed by atoms with E-state index in [4.69, 9.17) is 0 Å². The summed E-state index contributed by atoms with van der Waals surface area (Å²) < 4.78 is 0. The molecule has 2 unspecified atom stereocenters. The van der Waals surface area contributed by atoms with Gasteiger partial charge in [-0.05, 0) is 6.42 Å². The van der Waals surface area contributed by atoms with Crippen LogP contribution in [0, 0.1) is 0 Å². The predicted octanol–water partition coefficient (Wildman–Crippen LogP) is 0.748. The van der Waals surface area contributed by atoms with Crippen molar-refractivity contribution in [1.29, 1.82) is 0 Å². The topological polar surface area (TPSA) is 92.3 Å². The quantitative estimate of drug-likeness (QED) is 0.449. The lowest BCUT2D eigenvalue weighted by atomic mass is 10.2. The third kappa shape index (κ3) is 4.67. The van der Waals surface area contributed by atoms with E-state index in [0.717, 1.165) is 6.42 Å². The second-order valence-electron chi connectivity index (χ2n) is 5.62. The smallest absolute Gasteiger partial charge is 0.240 e. The molecule has 0 spiro atoms. The molecule has 23 heavy (non-hydrogen) atoms. The maximum atomic E-state index is 11.7. The largest absolute Gasteiger partial charge is 0.295 e. The van der Waals surface area contributed by atoms with Crippen LogP contribution in [0.1, 0.15) is 33.1 Å². The van der Waals surface area contributed by atoms with E-state index >= 15 is 0 Å². The molecule has 2 aliphatic rings. The molecule has 6 nitrogen and oxygen atoms in total. The van der Waals surface area contributed by atoms with Crippen LogP contribution in [-0.2, 0) is 19.2 Å². The van der Waals surface area contributed by atoms with E-state index in [-0.39, 0.29) is 62.7 Å². The van der Waals surface area contributed by atoms with Gasteiger partial charge >= 0.3 is 0 Å². The van der Waals surface area contributed by atoms with Crippen molar-refractivity contribution in [3.63, 3.8) is 0 Å². The molecule has 0 aromatic rings. The molecule has 5 atom stereocenters. The summed E-state index contributed by atoms with van der Waals surface area (Å²) in [6.45, 7) is 3.99. The molecule has 4 amide bonds. The number of thiol groups is 1. The average molecular weight is 377 g/mol. The van der Waals surface area contributed by atoms with Gasteiger partial charge in [-0.3, -0.25) is 29.8 Å². The fourth-order valence-electron chi connectivity index (χ4n) is 2.55. The number of hydrogen-bond acceptors (Lipinski definition) is 7. The van der Waals surface area contributed by atoms with Gasteiger partial charge in [0.25, 0.3) is 0 Å². The molecule has 0 aromatic carbocycles. The fourth-order valence-corrected chi connectivity index (χ4v) is 6.02. The number of hydrogen-bond donors (Lipinski definition) is 3. The maximum Gasteiger partial charge on any atom is 0.240 e. The van der Waals surface area contributed by atoms with Gasteiger partial charge < -0.3 is 0 Å². The van der Waals surface area contributed by atoms with Crippen molar-refractivity contribution >= 4 is 59.8 Å². The van der Waals surface area contributed by atoms with Crippen molar-refractivity contribution in [3.8, 4) is 0 Å². The lowest BCUT2D eigenvalue weighted by Gasteiger charge is -2.28. The van der Waals surface area contributed by atoms with Crippen LogP contribution in [0.3, 0.4) is 0 Å². The van der Waals surface area contributed by atoms with Crippen LogP contribution in [-0.4, -0.2) is 49.9 Å². The lowest BCUT2D eigenvalue weighted by Crippen LogP contribution is -2.32. The minimum atomic E-state index is -0.369. The zero-order chi connectivity index (χ0) is 17.1. The average Bonchev–Trinajstić information content (AvgIpc) is 2.96. The molecule has 2 N–H and O–H groups in total. The van der Waals surface area contributed by atoms with E-state index in [0.29, 0.717) is 0 Å². The van der Waals surface area contributed by atoms with Gasteiger partial charge in [0.15, 0.2) is 0 Å². The van der Waals surface area contributed by atoms with Crippen molar-refractivity contribution in [2.75, 3.05) is 0 Å². The lowest BCUT2D eigenvalue weighted by molar-refractivity contribution is -0.126. The van der Waals surface area contributed by atoms with Crippen molar-refractivity contribution in [2.45, 2.75) is 59.4 Å². The maximum absolute atomic E-state index is 11.7. The first-order chi connectivity index (χ1) is 10.8. The Morgan fingerprint density at radius 2 is 1.52 bits per heavy atom. The Balaban J connectivity index is 1.92. The molecule has 0 aromatic heterocycles. The molecular formula is C14H20N2O4S3. The van der Waals surface area contributed by atoms with Crippen LogP contribution in [0.4, 0.5) is 0 Å². The third-order valence-electron chi connectivity index (χ3n) is 3.83. The van der Waals surface area contributed by atoms with Gasteiger partial charge in [-0.25, -0.2) is 0 Å². The zero-order valence-corrected chi connectivity index (χ0v) is 15.4.